The van der Waals surface area contributed by atoms with Crippen LogP contribution < -0.4 is 10.6 Å². The van der Waals surface area contributed by atoms with Crippen LogP contribution in [-0.4, -0.2) is 53.4 Å². The molecule has 1 fully saturated rings. The van der Waals surface area contributed by atoms with Crippen molar-refractivity contribution < 1.29 is 25.3 Å². The Bertz CT molecular complexity index is 992. The van der Waals surface area contributed by atoms with Gasteiger partial charge in [-0.2, -0.15) is 0 Å². The number of fused-ring (bicyclic) bond motifs is 1. The van der Waals surface area contributed by atoms with Crippen LogP contribution in [-0.2, 0) is 14.3 Å². The van der Waals surface area contributed by atoms with Crippen LogP contribution in [0.2, 0.25) is 0 Å². The molecule has 0 aliphatic heterocycles. The van der Waals surface area contributed by atoms with Crippen LogP contribution in [0.5, 0.6) is 0 Å². The van der Waals surface area contributed by atoms with Gasteiger partial charge in [0, 0.05) is 20.3 Å². The maximum Gasteiger partial charge on any atom is 0.357 e. The zero-order chi connectivity index (χ0) is 25.5. The molecule has 2 aliphatic carbocycles. The Kier molecular flexibility index (Phi) is 9.55. The molecule has 4 amide bonds. The molecule has 0 saturated heterocycles. The Morgan fingerprint density at radius 3 is 2.65 bits per heavy atom. The first-order chi connectivity index (χ1) is 16.2. The average Bonchev–Trinajstić information content (AvgIpc) is 3.28. The van der Waals surface area contributed by atoms with Crippen molar-refractivity contribution in [1.82, 2.24) is 15.2 Å². The van der Waals surface area contributed by atoms with Gasteiger partial charge in [0.1, 0.15) is 6.04 Å². The van der Waals surface area contributed by atoms with Crippen molar-refractivity contribution in [2.75, 3.05) is 19.0 Å². The van der Waals surface area contributed by atoms with Gasteiger partial charge in [-0.15, -0.1) is 11.3 Å². The van der Waals surface area contributed by atoms with Crippen LogP contribution in [0.15, 0.2) is 29.2 Å². The molecule has 2 N–H and O–H groups in total. The van der Waals surface area contributed by atoms with Gasteiger partial charge in [-0.05, 0) is 29.7 Å². The summed E-state index contributed by atoms with van der Waals surface area (Å²) in [5.41, 5.74) is 1.21. The minimum Gasteiger partial charge on any atom is -0.464 e. The number of esters is 1. The van der Waals surface area contributed by atoms with E-state index in [2.05, 4.69) is 39.4 Å². The third-order valence-corrected chi connectivity index (χ3v) is 6.47. The molecule has 2 aliphatic rings. The molecule has 9 nitrogen and oxygen atoms in total. The van der Waals surface area contributed by atoms with E-state index in [4.69, 9.17) is 0 Å². The Morgan fingerprint density at radius 1 is 1.35 bits per heavy atom. The molecular weight excluding hydrogens is 456 g/mol. The molecule has 0 bridgehead atoms. The highest BCUT2D eigenvalue weighted by Gasteiger charge is 2.47. The summed E-state index contributed by atoms with van der Waals surface area (Å²) in [7, 11) is 1.24. The summed E-state index contributed by atoms with van der Waals surface area (Å²) in [6, 6.07) is -1.64. The lowest BCUT2D eigenvalue weighted by Gasteiger charge is -2.28. The summed E-state index contributed by atoms with van der Waals surface area (Å²) < 4.78 is 4.61. The second-order valence-corrected chi connectivity index (χ2v) is 9.12. The third kappa shape index (κ3) is 6.53. The van der Waals surface area contributed by atoms with E-state index in [1.807, 2.05) is 26.8 Å². The second-order valence-electron chi connectivity index (χ2n) is 8.27. The largest absolute Gasteiger partial charge is 0.464 e. The highest BCUT2D eigenvalue weighted by atomic mass is 32.1. The minimum absolute atomic E-state index is 0. The monoisotopic (exact) mass is 492 g/mol. The smallest absolute Gasteiger partial charge is 0.357 e. The van der Waals surface area contributed by atoms with Gasteiger partial charge in [0.15, 0.2) is 10.8 Å². The number of imide groups is 1. The van der Waals surface area contributed by atoms with Gasteiger partial charge >= 0.3 is 12.0 Å². The number of carbonyl (C=O) groups excluding carboxylic acids is 4. The van der Waals surface area contributed by atoms with Crippen molar-refractivity contribution >= 4 is 40.3 Å². The van der Waals surface area contributed by atoms with E-state index in [1.54, 1.807) is 0 Å². The molecule has 3 rings (SSSR count). The number of amides is 4. The normalized spacial score (nSPS) is 20.5. The number of rotatable bonds is 8. The van der Waals surface area contributed by atoms with Crippen LogP contribution in [0, 0.1) is 11.3 Å². The van der Waals surface area contributed by atoms with Gasteiger partial charge in [0.05, 0.1) is 7.11 Å². The lowest BCUT2D eigenvalue weighted by Crippen LogP contribution is -2.53. The van der Waals surface area contributed by atoms with Crippen molar-refractivity contribution in [3.63, 3.8) is 0 Å². The molecular formula is C24H36N4O5S. The molecule has 0 spiro atoms. The van der Waals surface area contributed by atoms with Crippen molar-refractivity contribution in [2.45, 2.75) is 59.9 Å². The molecule has 188 valence electrons. The number of allylic oxidation sites excluding steroid dienone is 2. The van der Waals surface area contributed by atoms with Gasteiger partial charge in [-0.1, -0.05) is 52.3 Å². The van der Waals surface area contributed by atoms with Gasteiger partial charge in [0.2, 0.25) is 11.8 Å². The topological polar surface area (TPSA) is 118 Å². The summed E-state index contributed by atoms with van der Waals surface area (Å²) in [5, 5.41) is 7.01. The van der Waals surface area contributed by atoms with E-state index < -0.39 is 29.9 Å². The van der Waals surface area contributed by atoms with Gasteiger partial charge < -0.3 is 15.4 Å². The zero-order valence-electron chi connectivity index (χ0n) is 20.6. The van der Waals surface area contributed by atoms with Gasteiger partial charge in [-0.3, -0.25) is 14.5 Å². The number of thiazole rings is 1. The highest BCUT2D eigenvalue weighted by Crippen LogP contribution is 2.56. The van der Waals surface area contributed by atoms with Crippen molar-refractivity contribution in [3.8, 4) is 0 Å². The summed E-state index contributed by atoms with van der Waals surface area (Å²) in [6.07, 6.45) is 8.27. The SMILES string of the molecule is CC.CCC[C@@H](C(=O)Nc1nc(C(=O)OC)cs1)N(C(C)=O)C(=O)NCC1=CC2(C)CC2C=C1.[HH]. The molecule has 1 aromatic rings. The first-order valence-electron chi connectivity index (χ1n) is 11.5. The number of nitrogens with zero attached hydrogens (tertiary/aromatic N) is 2. The maximum atomic E-state index is 12.9. The third-order valence-electron chi connectivity index (χ3n) is 5.71. The first-order valence-corrected chi connectivity index (χ1v) is 12.4. The number of anilines is 1. The second kappa shape index (κ2) is 11.9. The molecule has 34 heavy (non-hydrogen) atoms. The van der Waals surface area contributed by atoms with E-state index in [-0.39, 0.29) is 30.6 Å². The summed E-state index contributed by atoms with van der Waals surface area (Å²) in [6.45, 7) is 9.57. The highest BCUT2D eigenvalue weighted by molar-refractivity contribution is 7.14. The van der Waals surface area contributed by atoms with Crippen LogP contribution >= 0.6 is 11.3 Å². The standard InChI is InChI=1S/C22H28N4O5S.C2H6.H2/c1-5-6-17(18(28)25-20-24-16(12-32-20)19(29)31-4)26(13(2)27)21(30)23-11-14-7-8-15-10-22(15,3)9-14;1-2;/h7-9,12,15,17H,5-6,10-11H2,1-4H3,(H,23,30)(H,24,25,28);1-2H3;1H/t15?,17-,22?;;/m0../s1. The predicted molar refractivity (Wildman–Crippen MR) is 134 cm³/mol. The molecule has 3 atom stereocenters. The Morgan fingerprint density at radius 2 is 2.06 bits per heavy atom. The number of methoxy groups -OCH3 is 1. The van der Waals surface area contributed by atoms with E-state index in [9.17, 15) is 19.2 Å². The summed E-state index contributed by atoms with van der Waals surface area (Å²) in [5.74, 6) is -1.13. The molecule has 0 radical (unpaired) electrons. The number of carbonyl (C=O) groups is 4. The number of aromatic nitrogens is 1. The number of nitrogens with one attached hydrogen (secondary N) is 2. The summed E-state index contributed by atoms with van der Waals surface area (Å²) >= 11 is 1.06. The van der Waals surface area contributed by atoms with Crippen LogP contribution in [0.4, 0.5) is 9.93 Å². The molecule has 2 unspecified atom stereocenters. The van der Waals surface area contributed by atoms with Crippen LogP contribution in [0.3, 0.4) is 0 Å². The minimum atomic E-state index is -1.01. The lowest BCUT2D eigenvalue weighted by atomic mass is 9.97. The molecule has 1 aromatic heterocycles. The van der Waals surface area contributed by atoms with E-state index >= 15 is 0 Å². The quantitative estimate of drug-likeness (QED) is 0.520. The van der Waals surface area contributed by atoms with E-state index in [0.29, 0.717) is 12.3 Å². The van der Waals surface area contributed by atoms with Crippen LogP contribution in [0.25, 0.3) is 0 Å². The average molecular weight is 493 g/mol. The van der Waals surface area contributed by atoms with E-state index in [1.165, 1.54) is 19.4 Å². The maximum absolute atomic E-state index is 12.9. The van der Waals surface area contributed by atoms with Crippen LogP contribution in [0.1, 0.15) is 65.8 Å². The first kappa shape index (κ1) is 27.2. The fourth-order valence-electron chi connectivity index (χ4n) is 3.83. The Hall–Kier alpha value is -3.01. The lowest BCUT2D eigenvalue weighted by molar-refractivity contribution is -0.133. The molecule has 1 saturated carbocycles. The molecule has 0 aromatic carbocycles. The predicted octanol–water partition coefficient (Wildman–Crippen LogP) is 4.39. The fourth-order valence-corrected chi connectivity index (χ4v) is 4.51. The van der Waals surface area contributed by atoms with Gasteiger partial charge in [-0.25, -0.2) is 14.6 Å². The summed E-state index contributed by atoms with van der Waals surface area (Å²) in [4.78, 5) is 54.7. The van der Waals surface area contributed by atoms with Gasteiger partial charge in [0.25, 0.3) is 0 Å². The zero-order valence-corrected chi connectivity index (χ0v) is 21.5. The van der Waals surface area contributed by atoms with Crippen molar-refractivity contribution in [1.29, 1.82) is 0 Å². The van der Waals surface area contributed by atoms with Crippen molar-refractivity contribution in [3.05, 3.63) is 34.9 Å². The molecule has 10 heteroatoms. The molecule has 1 heterocycles. The number of hydrogen-bond acceptors (Lipinski definition) is 7. The fraction of sp³-hybridized carbons (Fsp3) is 0.542. The number of hydrogen-bond donors (Lipinski definition) is 2. The number of ether oxygens (including phenoxy) is 1. The Labute approximate surface area is 206 Å². The Balaban J connectivity index is 0.00000199. The van der Waals surface area contributed by atoms with Crippen molar-refractivity contribution in [2.24, 2.45) is 11.3 Å². The van der Waals surface area contributed by atoms with E-state index in [0.717, 1.165) is 28.2 Å². The number of urea groups is 1.